The molecule has 88 valence electrons. The van der Waals surface area contributed by atoms with Crippen molar-refractivity contribution in [1.82, 2.24) is 10.9 Å². The van der Waals surface area contributed by atoms with Crippen LogP contribution in [0.5, 0.6) is 0 Å². The van der Waals surface area contributed by atoms with Crippen molar-refractivity contribution >= 4 is 24.8 Å². The van der Waals surface area contributed by atoms with Crippen LogP contribution in [-0.2, 0) is 0 Å². The molecule has 2 N–H and O–H groups in total. The Balaban J connectivity index is -0.000000605. The summed E-state index contributed by atoms with van der Waals surface area (Å²) in [6.45, 7) is 10.3. The molecule has 0 aliphatic heterocycles. The molecule has 14 heavy (non-hydrogen) atoms. The Labute approximate surface area is 99.1 Å². The predicted molar refractivity (Wildman–Crippen MR) is 65.0 cm³/mol. The zero-order valence-corrected chi connectivity index (χ0v) is 10.9. The molecule has 4 nitrogen and oxygen atoms in total. The minimum Gasteiger partial charge on any atom is -0.290 e. The van der Waals surface area contributed by atoms with Crippen LogP contribution in [-0.4, -0.2) is 13.1 Å². The van der Waals surface area contributed by atoms with Gasteiger partial charge in [-0.05, 0) is 11.8 Å². The van der Waals surface area contributed by atoms with Crippen LogP contribution in [0.3, 0.4) is 0 Å². The van der Waals surface area contributed by atoms with Crippen molar-refractivity contribution in [2.24, 2.45) is 22.3 Å². The minimum absolute atomic E-state index is 0. The number of nitrogens with zero attached hydrogens (tertiary/aromatic N) is 2. The van der Waals surface area contributed by atoms with Gasteiger partial charge in [0.15, 0.2) is 0 Å². The molecule has 0 aromatic carbocycles. The van der Waals surface area contributed by atoms with Gasteiger partial charge in [-0.1, -0.05) is 38.1 Å². The largest absolute Gasteiger partial charge is 0.290 e. The van der Waals surface area contributed by atoms with Gasteiger partial charge in [0.05, 0.1) is 0 Å². The molecule has 0 rings (SSSR count). The van der Waals surface area contributed by atoms with E-state index in [2.05, 4.69) is 49.0 Å². The number of hydrogen-bond donors (Lipinski definition) is 2. The van der Waals surface area contributed by atoms with Crippen molar-refractivity contribution in [3.05, 3.63) is 0 Å². The summed E-state index contributed by atoms with van der Waals surface area (Å²) in [5, 5.41) is 7.49. The molecule has 0 atom stereocenters. The molecular formula is C8H22Cl2N4. The van der Waals surface area contributed by atoms with E-state index in [9.17, 15) is 0 Å². The zero-order valence-electron chi connectivity index (χ0n) is 9.28. The molecule has 0 aliphatic rings. The average molecular weight is 245 g/mol. The molecule has 0 unspecified atom stereocenters. The zero-order chi connectivity index (χ0) is 9.40. The van der Waals surface area contributed by atoms with E-state index < -0.39 is 0 Å². The first-order chi connectivity index (χ1) is 5.63. The molecule has 0 saturated heterocycles. The molecule has 0 spiro atoms. The highest BCUT2D eigenvalue weighted by Gasteiger charge is 1.90. The van der Waals surface area contributed by atoms with Crippen LogP contribution in [0.4, 0.5) is 0 Å². The first kappa shape index (κ1) is 19.4. The van der Waals surface area contributed by atoms with Gasteiger partial charge >= 0.3 is 0 Å². The van der Waals surface area contributed by atoms with Crippen LogP contribution in [0.1, 0.15) is 27.7 Å². The van der Waals surface area contributed by atoms with Crippen LogP contribution < -0.4 is 10.9 Å². The highest BCUT2D eigenvalue weighted by Crippen LogP contribution is 1.87. The first-order valence-electron chi connectivity index (χ1n) is 4.48. The third-order valence-corrected chi connectivity index (χ3v) is 1.19. The Hall–Kier alpha value is -0.220. The van der Waals surface area contributed by atoms with Gasteiger partial charge in [-0.15, -0.1) is 24.8 Å². The Morgan fingerprint density at radius 1 is 0.786 bits per heavy atom. The van der Waals surface area contributed by atoms with Crippen molar-refractivity contribution in [3.8, 4) is 0 Å². The third kappa shape index (κ3) is 17.8. The fourth-order valence-electron chi connectivity index (χ4n) is 0.518. The molecule has 6 heteroatoms. The van der Waals surface area contributed by atoms with Crippen molar-refractivity contribution in [1.29, 1.82) is 0 Å². The summed E-state index contributed by atoms with van der Waals surface area (Å²) in [6, 6.07) is 0. The van der Waals surface area contributed by atoms with E-state index in [1.807, 2.05) is 0 Å². The lowest BCUT2D eigenvalue weighted by molar-refractivity contribution is 0.503. The lowest BCUT2D eigenvalue weighted by Gasteiger charge is -2.03. The maximum Gasteiger partial charge on any atom is 0.0370 e. The van der Waals surface area contributed by atoms with Gasteiger partial charge in [-0.25, -0.2) is 0 Å². The van der Waals surface area contributed by atoms with E-state index in [0.29, 0.717) is 11.8 Å². The molecule has 0 aromatic heterocycles. The summed E-state index contributed by atoms with van der Waals surface area (Å²) >= 11 is 0. The van der Waals surface area contributed by atoms with E-state index in [0.717, 1.165) is 13.1 Å². The fraction of sp³-hybridized carbons (Fsp3) is 1.00. The van der Waals surface area contributed by atoms with Gasteiger partial charge in [0.25, 0.3) is 0 Å². The Morgan fingerprint density at radius 3 is 1.29 bits per heavy atom. The van der Waals surface area contributed by atoms with Crippen molar-refractivity contribution in [2.45, 2.75) is 27.7 Å². The SMILES string of the molecule is CC(C)CNN=NNCC(C)C.Cl.Cl. The van der Waals surface area contributed by atoms with Crippen molar-refractivity contribution < 1.29 is 0 Å². The van der Waals surface area contributed by atoms with E-state index >= 15 is 0 Å². The van der Waals surface area contributed by atoms with E-state index in [1.54, 1.807) is 0 Å². The van der Waals surface area contributed by atoms with Crippen LogP contribution in [0, 0.1) is 11.8 Å². The van der Waals surface area contributed by atoms with E-state index in [4.69, 9.17) is 0 Å². The Morgan fingerprint density at radius 2 is 1.07 bits per heavy atom. The number of hydrogen-bond acceptors (Lipinski definition) is 2. The third-order valence-electron chi connectivity index (χ3n) is 1.19. The highest BCUT2D eigenvalue weighted by atomic mass is 35.5. The molecule has 0 heterocycles. The molecule has 0 amide bonds. The average Bonchev–Trinajstić information content (AvgIpc) is 1.95. The first-order valence-corrected chi connectivity index (χ1v) is 4.48. The summed E-state index contributed by atoms with van der Waals surface area (Å²) in [5.41, 5.74) is 5.71. The lowest BCUT2D eigenvalue weighted by atomic mass is 10.2. The summed E-state index contributed by atoms with van der Waals surface area (Å²) in [6.07, 6.45) is 0. The van der Waals surface area contributed by atoms with Crippen LogP contribution in [0.15, 0.2) is 10.4 Å². The van der Waals surface area contributed by atoms with Crippen LogP contribution >= 0.6 is 24.8 Å². The molecular weight excluding hydrogens is 223 g/mol. The van der Waals surface area contributed by atoms with E-state index in [1.165, 1.54) is 0 Å². The molecule has 0 radical (unpaired) electrons. The van der Waals surface area contributed by atoms with Gasteiger partial charge in [0, 0.05) is 13.1 Å². The number of halogens is 2. The van der Waals surface area contributed by atoms with E-state index in [-0.39, 0.29) is 24.8 Å². The second kappa shape index (κ2) is 12.8. The summed E-state index contributed by atoms with van der Waals surface area (Å²) in [7, 11) is 0. The molecule has 0 aromatic rings. The van der Waals surface area contributed by atoms with Gasteiger partial charge in [0.1, 0.15) is 0 Å². The summed E-state index contributed by atoms with van der Waals surface area (Å²) in [4.78, 5) is 0. The summed E-state index contributed by atoms with van der Waals surface area (Å²) in [5.74, 6) is 1.21. The van der Waals surface area contributed by atoms with Gasteiger partial charge in [-0.2, -0.15) is 0 Å². The molecule has 0 bridgehead atoms. The normalized spacial score (nSPS) is 9.86. The minimum atomic E-state index is 0. The van der Waals surface area contributed by atoms with Crippen LogP contribution in [0.25, 0.3) is 0 Å². The fourth-order valence-corrected chi connectivity index (χ4v) is 0.518. The standard InChI is InChI=1S/C8H20N4.2ClH/c1-7(2)5-9-11-12-10-6-8(3)4;;/h7-8H,5-6H2,1-4H3,(H,9,12)(H,10,11);2*1H. The smallest absolute Gasteiger partial charge is 0.0370 e. The quantitative estimate of drug-likeness (QED) is 0.558. The topological polar surface area (TPSA) is 48.8 Å². The number of nitrogens with one attached hydrogen (secondary N) is 2. The Bertz CT molecular complexity index is 115. The molecule has 0 aliphatic carbocycles. The second-order valence-corrected chi connectivity index (χ2v) is 3.71. The number of rotatable bonds is 6. The van der Waals surface area contributed by atoms with Crippen LogP contribution in [0.2, 0.25) is 0 Å². The van der Waals surface area contributed by atoms with Crippen molar-refractivity contribution in [3.63, 3.8) is 0 Å². The Kier molecular flexibility index (Phi) is 17.7. The second-order valence-electron chi connectivity index (χ2n) is 3.71. The van der Waals surface area contributed by atoms with Gasteiger partial charge < -0.3 is 0 Å². The lowest BCUT2D eigenvalue weighted by Crippen LogP contribution is -2.16. The highest BCUT2D eigenvalue weighted by molar-refractivity contribution is 5.85. The van der Waals surface area contributed by atoms with Gasteiger partial charge in [0.2, 0.25) is 0 Å². The van der Waals surface area contributed by atoms with Crippen molar-refractivity contribution in [2.75, 3.05) is 13.1 Å². The molecule has 0 fully saturated rings. The monoisotopic (exact) mass is 244 g/mol. The summed E-state index contributed by atoms with van der Waals surface area (Å²) < 4.78 is 0. The maximum absolute atomic E-state index is 3.75. The predicted octanol–water partition coefficient (Wildman–Crippen LogP) is 2.60. The van der Waals surface area contributed by atoms with Gasteiger partial charge in [-0.3, -0.25) is 10.9 Å². The maximum atomic E-state index is 3.75. The molecule has 0 saturated carbocycles.